The lowest BCUT2D eigenvalue weighted by Crippen LogP contribution is -2.28. The second kappa shape index (κ2) is 5.01. The molecule has 0 aliphatic carbocycles. The van der Waals surface area contributed by atoms with E-state index in [1.54, 1.807) is 0 Å². The first-order valence-electron chi connectivity index (χ1n) is 5.06. The maximum Gasteiger partial charge on any atom is 0.120 e. The summed E-state index contributed by atoms with van der Waals surface area (Å²) in [6, 6.07) is 4.71. The Bertz CT molecular complexity index is 290. The molecule has 2 unspecified atom stereocenters. The molecule has 78 valence electrons. The third kappa shape index (κ3) is 3.04. The van der Waals surface area contributed by atoms with E-state index in [0.29, 0.717) is 6.04 Å². The molecule has 1 N–H and O–H groups in total. The molecule has 1 aromatic heterocycles. The molecule has 2 heteroatoms. The summed E-state index contributed by atoms with van der Waals surface area (Å²) in [5.41, 5.74) is 0. The molecule has 14 heavy (non-hydrogen) atoms. The summed E-state index contributed by atoms with van der Waals surface area (Å²) in [5.74, 6) is 1.96. The fourth-order valence-electron chi connectivity index (χ4n) is 1.51. The molecule has 0 aliphatic rings. The normalized spacial score (nSPS) is 15.1. The van der Waals surface area contributed by atoms with E-state index in [0.717, 1.165) is 17.9 Å². The van der Waals surface area contributed by atoms with E-state index in [2.05, 4.69) is 25.7 Å². The van der Waals surface area contributed by atoms with Gasteiger partial charge in [0.25, 0.3) is 0 Å². The first kappa shape index (κ1) is 11.1. The molecule has 1 heterocycles. The highest BCUT2D eigenvalue weighted by Gasteiger charge is 2.11. The zero-order valence-electron chi connectivity index (χ0n) is 9.21. The highest BCUT2D eigenvalue weighted by Crippen LogP contribution is 2.16. The molecule has 0 saturated carbocycles. The van der Waals surface area contributed by atoms with Crippen LogP contribution in [0.3, 0.4) is 0 Å². The number of rotatable bonds is 5. The van der Waals surface area contributed by atoms with E-state index in [1.165, 1.54) is 0 Å². The molecule has 1 aromatic rings. The standard InChI is InChI=1S/C12H19NO/c1-5-6-9(2)13-11(4)12-8-7-10(3)14-12/h5,7-9,11,13H,1,6H2,2-4H3. The molecule has 0 aliphatic heterocycles. The van der Waals surface area contributed by atoms with Gasteiger partial charge in [-0.25, -0.2) is 0 Å². The number of hydrogen-bond acceptors (Lipinski definition) is 2. The Morgan fingerprint density at radius 2 is 2.21 bits per heavy atom. The van der Waals surface area contributed by atoms with E-state index < -0.39 is 0 Å². The molecule has 0 aromatic carbocycles. The van der Waals surface area contributed by atoms with Crippen LogP contribution in [0.1, 0.15) is 37.8 Å². The Balaban J connectivity index is 2.49. The molecule has 0 radical (unpaired) electrons. The van der Waals surface area contributed by atoms with Crippen molar-refractivity contribution in [1.82, 2.24) is 5.32 Å². The third-order valence-corrected chi connectivity index (χ3v) is 2.24. The predicted octanol–water partition coefficient (Wildman–Crippen LogP) is 3.20. The first-order valence-corrected chi connectivity index (χ1v) is 5.06. The molecular weight excluding hydrogens is 174 g/mol. The minimum atomic E-state index is 0.263. The van der Waals surface area contributed by atoms with Gasteiger partial charge in [0.05, 0.1) is 6.04 Å². The van der Waals surface area contributed by atoms with Gasteiger partial charge in [0.2, 0.25) is 0 Å². The summed E-state index contributed by atoms with van der Waals surface area (Å²) in [7, 11) is 0. The van der Waals surface area contributed by atoms with Gasteiger partial charge < -0.3 is 9.73 Å². The van der Waals surface area contributed by atoms with Crippen LogP contribution in [0.15, 0.2) is 29.2 Å². The van der Waals surface area contributed by atoms with Gasteiger partial charge in [-0.05, 0) is 39.3 Å². The number of nitrogens with one attached hydrogen (secondary N) is 1. The molecule has 0 bridgehead atoms. The monoisotopic (exact) mass is 193 g/mol. The average molecular weight is 193 g/mol. The van der Waals surface area contributed by atoms with Gasteiger partial charge in [-0.1, -0.05) is 6.08 Å². The van der Waals surface area contributed by atoms with Crippen molar-refractivity contribution in [3.8, 4) is 0 Å². The van der Waals surface area contributed by atoms with Crippen LogP contribution in [0, 0.1) is 6.92 Å². The van der Waals surface area contributed by atoms with Gasteiger partial charge in [0.1, 0.15) is 11.5 Å². The van der Waals surface area contributed by atoms with Gasteiger partial charge in [-0.15, -0.1) is 6.58 Å². The molecule has 0 spiro atoms. The summed E-state index contributed by atoms with van der Waals surface area (Å²) in [4.78, 5) is 0. The van der Waals surface area contributed by atoms with Crippen LogP contribution < -0.4 is 5.32 Å². The second-order valence-electron chi connectivity index (χ2n) is 3.76. The van der Waals surface area contributed by atoms with Crippen LogP contribution in [-0.4, -0.2) is 6.04 Å². The van der Waals surface area contributed by atoms with Crippen LogP contribution in [0.25, 0.3) is 0 Å². The van der Waals surface area contributed by atoms with E-state index in [9.17, 15) is 0 Å². The van der Waals surface area contributed by atoms with Crippen molar-refractivity contribution in [2.45, 2.75) is 39.3 Å². The second-order valence-corrected chi connectivity index (χ2v) is 3.76. The quantitative estimate of drug-likeness (QED) is 0.726. The molecule has 1 rings (SSSR count). The average Bonchev–Trinajstić information content (AvgIpc) is 2.52. The minimum Gasteiger partial charge on any atom is -0.465 e. The SMILES string of the molecule is C=CCC(C)NC(C)c1ccc(C)o1. The van der Waals surface area contributed by atoms with Gasteiger partial charge in [-0.2, -0.15) is 0 Å². The number of furan rings is 1. The fraction of sp³-hybridized carbons (Fsp3) is 0.500. The Morgan fingerprint density at radius 1 is 1.50 bits per heavy atom. The molecule has 0 amide bonds. The summed E-state index contributed by atoms with van der Waals surface area (Å²) in [6.45, 7) is 9.94. The maximum absolute atomic E-state index is 5.54. The van der Waals surface area contributed by atoms with Gasteiger partial charge in [0.15, 0.2) is 0 Å². The Labute approximate surface area is 86.0 Å². The first-order chi connectivity index (χ1) is 6.63. The lowest BCUT2D eigenvalue weighted by molar-refractivity contribution is 0.389. The van der Waals surface area contributed by atoms with Crippen molar-refractivity contribution in [1.29, 1.82) is 0 Å². The Morgan fingerprint density at radius 3 is 2.71 bits per heavy atom. The molecule has 0 fully saturated rings. The van der Waals surface area contributed by atoms with Crippen LogP contribution >= 0.6 is 0 Å². The molecule has 0 saturated heterocycles. The van der Waals surface area contributed by atoms with Crippen LogP contribution in [0.4, 0.5) is 0 Å². The van der Waals surface area contributed by atoms with Crippen LogP contribution in [-0.2, 0) is 0 Å². The summed E-state index contributed by atoms with van der Waals surface area (Å²) in [6.07, 6.45) is 2.90. The Kier molecular flexibility index (Phi) is 3.96. The van der Waals surface area contributed by atoms with E-state index >= 15 is 0 Å². The Hall–Kier alpha value is -1.02. The smallest absolute Gasteiger partial charge is 0.120 e. The van der Waals surface area contributed by atoms with Crippen molar-refractivity contribution >= 4 is 0 Å². The fourth-order valence-corrected chi connectivity index (χ4v) is 1.51. The lowest BCUT2D eigenvalue weighted by Gasteiger charge is -2.16. The van der Waals surface area contributed by atoms with E-state index in [-0.39, 0.29) is 6.04 Å². The number of aryl methyl sites for hydroxylation is 1. The lowest BCUT2D eigenvalue weighted by atomic mass is 10.2. The predicted molar refractivity (Wildman–Crippen MR) is 59.3 cm³/mol. The number of hydrogen-bond donors (Lipinski definition) is 1. The van der Waals surface area contributed by atoms with Crippen molar-refractivity contribution in [2.75, 3.05) is 0 Å². The van der Waals surface area contributed by atoms with E-state index in [4.69, 9.17) is 4.42 Å². The summed E-state index contributed by atoms with van der Waals surface area (Å²) in [5, 5.41) is 3.45. The van der Waals surface area contributed by atoms with E-state index in [1.807, 2.05) is 25.1 Å². The van der Waals surface area contributed by atoms with Crippen molar-refractivity contribution in [3.63, 3.8) is 0 Å². The maximum atomic E-state index is 5.54. The van der Waals surface area contributed by atoms with Gasteiger partial charge in [0, 0.05) is 6.04 Å². The molecule has 2 nitrogen and oxygen atoms in total. The highest BCUT2D eigenvalue weighted by atomic mass is 16.3. The van der Waals surface area contributed by atoms with Gasteiger partial charge >= 0.3 is 0 Å². The zero-order valence-corrected chi connectivity index (χ0v) is 9.21. The zero-order chi connectivity index (χ0) is 10.6. The highest BCUT2D eigenvalue weighted by molar-refractivity contribution is 5.09. The largest absolute Gasteiger partial charge is 0.465 e. The minimum absolute atomic E-state index is 0.263. The topological polar surface area (TPSA) is 25.2 Å². The van der Waals surface area contributed by atoms with Crippen LogP contribution in [0.2, 0.25) is 0 Å². The third-order valence-electron chi connectivity index (χ3n) is 2.24. The van der Waals surface area contributed by atoms with Crippen LogP contribution in [0.5, 0.6) is 0 Å². The molecular formula is C12H19NO. The van der Waals surface area contributed by atoms with Gasteiger partial charge in [-0.3, -0.25) is 0 Å². The molecule has 2 atom stereocenters. The summed E-state index contributed by atoms with van der Waals surface area (Å²) < 4.78 is 5.54. The van der Waals surface area contributed by atoms with Crippen molar-refractivity contribution in [3.05, 3.63) is 36.3 Å². The van der Waals surface area contributed by atoms with Crippen molar-refractivity contribution in [2.24, 2.45) is 0 Å². The van der Waals surface area contributed by atoms with Crippen molar-refractivity contribution < 1.29 is 4.42 Å². The summed E-state index contributed by atoms with van der Waals surface area (Å²) >= 11 is 0.